The molecule has 0 aliphatic carbocycles. The van der Waals surface area contributed by atoms with Gasteiger partial charge in [-0.15, -0.1) is 6.42 Å². The minimum atomic E-state index is 0.468. The molecule has 0 spiro atoms. The Hall–Kier alpha value is -1.25. The molecular formula is C16H30N4O. The van der Waals surface area contributed by atoms with E-state index in [2.05, 4.69) is 42.2 Å². The number of morpholine rings is 1. The van der Waals surface area contributed by atoms with E-state index in [0.717, 1.165) is 51.8 Å². The largest absolute Gasteiger partial charge is 0.379 e. The van der Waals surface area contributed by atoms with E-state index < -0.39 is 0 Å². The first-order chi connectivity index (χ1) is 10.2. The van der Waals surface area contributed by atoms with Crippen molar-refractivity contribution in [3.05, 3.63) is 0 Å². The summed E-state index contributed by atoms with van der Waals surface area (Å²) in [6.07, 6.45) is 6.45. The zero-order chi connectivity index (χ0) is 15.5. The van der Waals surface area contributed by atoms with Gasteiger partial charge in [0.2, 0.25) is 0 Å². The Bertz CT molecular complexity index is 343. The zero-order valence-electron chi connectivity index (χ0n) is 13.7. The molecule has 120 valence electrons. The Morgan fingerprint density at radius 3 is 2.62 bits per heavy atom. The molecule has 1 heterocycles. The lowest BCUT2D eigenvalue weighted by atomic mass is 10.0. The molecular weight excluding hydrogens is 264 g/mol. The van der Waals surface area contributed by atoms with E-state index >= 15 is 0 Å². The third kappa shape index (κ3) is 7.35. The first-order valence-electron chi connectivity index (χ1n) is 7.94. The van der Waals surface area contributed by atoms with E-state index in [9.17, 15) is 0 Å². The predicted molar refractivity (Wildman–Crippen MR) is 88.4 cm³/mol. The maximum atomic E-state index is 5.45. The summed E-state index contributed by atoms with van der Waals surface area (Å²) in [6, 6.07) is 0.468. The van der Waals surface area contributed by atoms with Gasteiger partial charge in [-0.25, -0.2) is 0 Å². The highest BCUT2D eigenvalue weighted by molar-refractivity contribution is 5.79. The second kappa shape index (κ2) is 10.5. The number of hydrogen-bond acceptors (Lipinski definition) is 3. The predicted octanol–water partition coefficient (Wildman–Crippen LogP) is 0.922. The normalized spacial score (nSPS) is 18.3. The van der Waals surface area contributed by atoms with Gasteiger partial charge in [0.1, 0.15) is 0 Å². The first-order valence-corrected chi connectivity index (χ1v) is 7.94. The van der Waals surface area contributed by atoms with Crippen molar-refractivity contribution >= 4 is 5.96 Å². The molecule has 21 heavy (non-hydrogen) atoms. The average Bonchev–Trinajstić information content (AvgIpc) is 2.49. The minimum Gasteiger partial charge on any atom is -0.379 e. The fourth-order valence-electron chi connectivity index (χ4n) is 2.50. The number of guanidine groups is 1. The number of ether oxygens (including phenoxy) is 1. The Balaban J connectivity index is 2.61. The monoisotopic (exact) mass is 294 g/mol. The Kier molecular flexibility index (Phi) is 8.88. The van der Waals surface area contributed by atoms with Crippen LogP contribution >= 0.6 is 0 Å². The molecule has 0 aromatic rings. The molecule has 1 fully saturated rings. The molecule has 0 saturated carbocycles. The zero-order valence-corrected chi connectivity index (χ0v) is 13.7. The quantitative estimate of drug-likeness (QED) is 0.416. The molecule has 5 heteroatoms. The molecule has 1 aliphatic heterocycles. The molecule has 1 saturated heterocycles. The number of nitrogens with one attached hydrogen (secondary N) is 2. The molecule has 0 aromatic carbocycles. The van der Waals surface area contributed by atoms with Crippen molar-refractivity contribution in [2.45, 2.75) is 33.2 Å². The minimum absolute atomic E-state index is 0.468. The van der Waals surface area contributed by atoms with Crippen LogP contribution in [0, 0.1) is 18.3 Å². The van der Waals surface area contributed by atoms with Crippen molar-refractivity contribution in [1.82, 2.24) is 15.5 Å². The van der Waals surface area contributed by atoms with Crippen molar-refractivity contribution in [1.29, 1.82) is 0 Å². The molecule has 0 bridgehead atoms. The number of hydrogen-bond donors (Lipinski definition) is 2. The van der Waals surface area contributed by atoms with Gasteiger partial charge in [-0.2, -0.15) is 0 Å². The molecule has 2 N–H and O–H groups in total. The molecule has 1 aliphatic rings. The molecule has 0 aromatic heterocycles. The van der Waals surface area contributed by atoms with E-state index in [0.29, 0.717) is 18.5 Å². The van der Waals surface area contributed by atoms with Crippen LogP contribution in [0.3, 0.4) is 0 Å². The summed E-state index contributed by atoms with van der Waals surface area (Å²) in [7, 11) is 0. The third-order valence-corrected chi connectivity index (χ3v) is 3.47. The number of aliphatic imine (C=N–C) groups is 1. The van der Waals surface area contributed by atoms with E-state index in [1.165, 1.54) is 0 Å². The summed E-state index contributed by atoms with van der Waals surface area (Å²) in [4.78, 5) is 7.19. The summed E-state index contributed by atoms with van der Waals surface area (Å²) in [5, 5.41) is 6.37. The Morgan fingerprint density at radius 1 is 1.33 bits per heavy atom. The number of nitrogens with zero attached hydrogens (tertiary/aromatic N) is 2. The molecule has 1 unspecified atom stereocenters. The highest BCUT2D eigenvalue weighted by Gasteiger charge is 2.21. The molecule has 1 rings (SSSR count). The average molecular weight is 294 g/mol. The van der Waals surface area contributed by atoms with Crippen LogP contribution in [-0.2, 0) is 4.74 Å². The van der Waals surface area contributed by atoms with Crippen molar-refractivity contribution in [2.75, 3.05) is 45.9 Å². The lowest BCUT2D eigenvalue weighted by molar-refractivity contribution is 0.0143. The van der Waals surface area contributed by atoms with Crippen molar-refractivity contribution in [2.24, 2.45) is 10.9 Å². The van der Waals surface area contributed by atoms with Gasteiger partial charge < -0.3 is 15.4 Å². The lowest BCUT2D eigenvalue weighted by Crippen LogP contribution is -2.46. The maximum absolute atomic E-state index is 5.45. The molecule has 0 radical (unpaired) electrons. The third-order valence-electron chi connectivity index (χ3n) is 3.47. The van der Waals surface area contributed by atoms with Gasteiger partial charge in [0.15, 0.2) is 5.96 Å². The van der Waals surface area contributed by atoms with Gasteiger partial charge in [0, 0.05) is 25.7 Å². The summed E-state index contributed by atoms with van der Waals surface area (Å²) < 4.78 is 5.45. The van der Waals surface area contributed by atoms with Crippen LogP contribution in [0.4, 0.5) is 0 Å². The van der Waals surface area contributed by atoms with Crippen molar-refractivity contribution in [3.8, 4) is 12.3 Å². The lowest BCUT2D eigenvalue weighted by Gasteiger charge is -2.34. The van der Waals surface area contributed by atoms with Crippen molar-refractivity contribution in [3.63, 3.8) is 0 Å². The second-order valence-corrected chi connectivity index (χ2v) is 5.71. The van der Waals surface area contributed by atoms with Gasteiger partial charge >= 0.3 is 0 Å². The van der Waals surface area contributed by atoms with Gasteiger partial charge in [-0.1, -0.05) is 19.8 Å². The molecule has 5 nitrogen and oxygen atoms in total. The van der Waals surface area contributed by atoms with E-state index in [-0.39, 0.29) is 0 Å². The van der Waals surface area contributed by atoms with Gasteiger partial charge in [-0.3, -0.25) is 9.89 Å². The van der Waals surface area contributed by atoms with Crippen LogP contribution in [0.15, 0.2) is 4.99 Å². The molecule has 0 amide bonds. The standard InChI is InChI=1S/C16H30N4O/c1-5-7-18-16(17-6-2)19-13-15(12-14(3)4)20-8-10-21-11-9-20/h1,14-15H,6-13H2,2-4H3,(H2,17,18,19). The SMILES string of the molecule is C#CCNC(=NCC(CC(C)C)N1CCOCC1)NCC. The number of rotatable bonds is 7. The van der Waals surface area contributed by atoms with Gasteiger partial charge in [-0.05, 0) is 19.3 Å². The highest BCUT2D eigenvalue weighted by atomic mass is 16.5. The summed E-state index contributed by atoms with van der Waals surface area (Å²) in [5.74, 6) is 4.05. The van der Waals surface area contributed by atoms with Crippen LogP contribution < -0.4 is 10.6 Å². The Morgan fingerprint density at radius 2 is 2.05 bits per heavy atom. The highest BCUT2D eigenvalue weighted by Crippen LogP contribution is 2.13. The van der Waals surface area contributed by atoms with Crippen LogP contribution in [0.5, 0.6) is 0 Å². The first kappa shape index (κ1) is 17.8. The van der Waals surface area contributed by atoms with Crippen LogP contribution in [0.25, 0.3) is 0 Å². The maximum Gasteiger partial charge on any atom is 0.192 e. The summed E-state index contributed by atoms with van der Waals surface area (Å²) >= 11 is 0. The summed E-state index contributed by atoms with van der Waals surface area (Å²) in [6.45, 7) is 12.4. The van der Waals surface area contributed by atoms with Gasteiger partial charge in [0.05, 0.1) is 26.3 Å². The number of terminal acetylenes is 1. The van der Waals surface area contributed by atoms with E-state index in [4.69, 9.17) is 16.2 Å². The Labute approximate surface area is 129 Å². The van der Waals surface area contributed by atoms with Crippen LogP contribution in [-0.4, -0.2) is 62.8 Å². The van der Waals surface area contributed by atoms with E-state index in [1.54, 1.807) is 0 Å². The fourth-order valence-corrected chi connectivity index (χ4v) is 2.50. The van der Waals surface area contributed by atoms with Crippen LogP contribution in [0.1, 0.15) is 27.2 Å². The summed E-state index contributed by atoms with van der Waals surface area (Å²) in [5.41, 5.74) is 0. The fraction of sp³-hybridized carbons (Fsp3) is 0.812. The van der Waals surface area contributed by atoms with E-state index in [1.807, 2.05) is 0 Å². The van der Waals surface area contributed by atoms with Gasteiger partial charge in [0.25, 0.3) is 0 Å². The molecule has 1 atom stereocenters. The van der Waals surface area contributed by atoms with Crippen molar-refractivity contribution < 1.29 is 4.74 Å². The van der Waals surface area contributed by atoms with Crippen LogP contribution in [0.2, 0.25) is 0 Å². The second-order valence-electron chi connectivity index (χ2n) is 5.71. The smallest absolute Gasteiger partial charge is 0.192 e. The topological polar surface area (TPSA) is 48.9 Å².